The highest BCUT2D eigenvalue weighted by Gasteiger charge is 2.21. The molecule has 0 aliphatic heterocycles. The summed E-state index contributed by atoms with van der Waals surface area (Å²) in [5, 5.41) is 10.5. The first-order valence-electron chi connectivity index (χ1n) is 6.09. The monoisotopic (exact) mass is 220 g/mol. The fourth-order valence-corrected chi connectivity index (χ4v) is 1.17. The van der Waals surface area contributed by atoms with Gasteiger partial charge in [0, 0.05) is 22.9 Å². The minimum Gasteiger partial charge on any atom is -0.550 e. The predicted octanol–water partition coefficient (Wildman–Crippen LogP) is -0.846. The molecule has 0 bridgehead atoms. The third kappa shape index (κ3) is 7.93. The molecule has 0 rings (SSSR count). The molecule has 5 nitrogen and oxygen atoms in total. The molecule has 1 unspecified atom stereocenters. The summed E-state index contributed by atoms with van der Waals surface area (Å²) >= 11 is 0. The van der Waals surface area contributed by atoms with Gasteiger partial charge in [-0.3, -0.25) is 4.79 Å². The fraction of sp³-hybridized carbons (Fsp3) is 0.800. The van der Waals surface area contributed by atoms with Crippen molar-refractivity contribution >= 4 is 11.9 Å². The fourth-order valence-electron chi connectivity index (χ4n) is 1.17. The van der Waals surface area contributed by atoms with Crippen molar-refractivity contribution in [1.82, 2.24) is 0 Å². The van der Waals surface area contributed by atoms with Crippen LogP contribution >= 0.6 is 0 Å². The second kappa shape index (κ2) is 5.70. The molecule has 0 aliphatic carbocycles. The largest absolute Gasteiger partial charge is 0.550 e. The van der Waals surface area contributed by atoms with E-state index in [1.165, 1.54) is 0 Å². The van der Waals surface area contributed by atoms with Gasteiger partial charge in [0.2, 0.25) is 0 Å². The number of carboxylic acids is 1. The number of rotatable bonds is 6. The van der Waals surface area contributed by atoms with Crippen LogP contribution in [0.2, 0.25) is 0 Å². The van der Waals surface area contributed by atoms with Crippen LogP contribution in [0.4, 0.5) is 0 Å². The Morgan fingerprint density at radius 3 is 2.47 bits per heavy atom. The molecule has 0 saturated carbocycles. The van der Waals surface area contributed by atoms with Crippen LogP contribution in [-0.4, -0.2) is 50.2 Å². The Bertz CT molecular complexity index is 309. The number of ether oxygens (including phenoxy) is 1. The van der Waals surface area contributed by atoms with Crippen LogP contribution < -0.4 is 5.11 Å². The van der Waals surface area contributed by atoms with E-state index in [-0.39, 0.29) is 6.54 Å². The molecule has 0 aliphatic rings. The van der Waals surface area contributed by atoms with E-state index in [1.807, 2.05) is 0 Å². The Labute approximate surface area is 94.4 Å². The zero-order valence-corrected chi connectivity index (χ0v) is 9.28. The molecule has 0 N–H and O–H groups in total. The molecule has 0 aromatic heterocycles. The Balaban J connectivity index is 4.50. The molecular formula is C10H19NO4. The number of hydrogen-bond donors (Lipinski definition) is 0. The van der Waals surface area contributed by atoms with Gasteiger partial charge in [-0.1, -0.05) is 6.85 Å². The predicted molar refractivity (Wildman–Crippen MR) is 52.7 cm³/mol. The van der Waals surface area contributed by atoms with E-state index >= 15 is 0 Å². The van der Waals surface area contributed by atoms with E-state index in [0.717, 1.165) is 0 Å². The van der Waals surface area contributed by atoms with E-state index in [2.05, 4.69) is 0 Å². The first-order chi connectivity index (χ1) is 7.89. The van der Waals surface area contributed by atoms with Gasteiger partial charge in [-0.25, -0.2) is 0 Å². The molecule has 0 saturated heterocycles. The SMILES string of the molecule is [2H]C([2H])([2H])CC(=O)OC(CC(=O)[O-])C[N+](C)(C)C. The highest BCUT2D eigenvalue weighted by atomic mass is 16.5. The van der Waals surface area contributed by atoms with Crippen molar-refractivity contribution in [3.63, 3.8) is 0 Å². The van der Waals surface area contributed by atoms with Crippen LogP contribution in [0.5, 0.6) is 0 Å². The van der Waals surface area contributed by atoms with Crippen molar-refractivity contribution in [2.75, 3.05) is 27.7 Å². The van der Waals surface area contributed by atoms with Gasteiger partial charge in [0.1, 0.15) is 6.54 Å². The highest BCUT2D eigenvalue weighted by molar-refractivity contribution is 5.70. The molecule has 5 heteroatoms. The van der Waals surface area contributed by atoms with Gasteiger partial charge in [-0.2, -0.15) is 0 Å². The van der Waals surface area contributed by atoms with Crippen molar-refractivity contribution in [2.45, 2.75) is 25.8 Å². The van der Waals surface area contributed by atoms with Gasteiger partial charge in [0.15, 0.2) is 6.10 Å². The Kier molecular flexibility index (Phi) is 3.48. The molecule has 0 spiro atoms. The number of likely N-dealkylation sites (N-methyl/N-ethyl adjacent to an activating group) is 1. The smallest absolute Gasteiger partial charge is 0.306 e. The summed E-state index contributed by atoms with van der Waals surface area (Å²) in [5.41, 5.74) is 0. The molecule has 15 heavy (non-hydrogen) atoms. The topological polar surface area (TPSA) is 66.4 Å². The summed E-state index contributed by atoms with van der Waals surface area (Å²) in [6, 6.07) is 0. The van der Waals surface area contributed by atoms with Crippen LogP contribution in [0, 0.1) is 0 Å². The van der Waals surface area contributed by atoms with E-state index in [0.29, 0.717) is 4.48 Å². The third-order valence-corrected chi connectivity index (χ3v) is 1.59. The number of carbonyl (C=O) groups excluding carboxylic acids is 2. The van der Waals surface area contributed by atoms with Gasteiger partial charge >= 0.3 is 5.97 Å². The van der Waals surface area contributed by atoms with Crippen molar-refractivity contribution < 1.29 is 28.0 Å². The standard InChI is InChI=1S/C10H19NO4/c1-5-10(14)15-8(6-9(12)13)7-11(2,3)4/h8H,5-7H2,1-4H3/i1D3. The lowest BCUT2D eigenvalue weighted by Crippen LogP contribution is -2.45. The molecule has 0 aromatic rings. The molecular weight excluding hydrogens is 198 g/mol. The van der Waals surface area contributed by atoms with Gasteiger partial charge in [0.05, 0.1) is 21.1 Å². The van der Waals surface area contributed by atoms with E-state index in [9.17, 15) is 14.7 Å². The van der Waals surface area contributed by atoms with Crippen LogP contribution in [-0.2, 0) is 14.3 Å². The second-order valence-electron chi connectivity index (χ2n) is 4.34. The maximum atomic E-state index is 11.3. The van der Waals surface area contributed by atoms with Crippen molar-refractivity contribution in [1.29, 1.82) is 0 Å². The summed E-state index contributed by atoms with van der Waals surface area (Å²) in [5.74, 6) is -2.26. The van der Waals surface area contributed by atoms with Gasteiger partial charge in [0.25, 0.3) is 0 Å². The molecule has 0 aromatic carbocycles. The maximum absolute atomic E-state index is 11.3. The van der Waals surface area contributed by atoms with E-state index in [1.54, 1.807) is 21.1 Å². The van der Waals surface area contributed by atoms with E-state index in [4.69, 9.17) is 8.85 Å². The van der Waals surface area contributed by atoms with Crippen LogP contribution in [0.3, 0.4) is 0 Å². The summed E-state index contributed by atoms with van der Waals surface area (Å²) in [4.78, 5) is 21.9. The van der Waals surface area contributed by atoms with E-state index < -0.39 is 37.7 Å². The number of hydrogen-bond acceptors (Lipinski definition) is 4. The molecule has 0 amide bonds. The number of quaternary nitrogens is 1. The lowest BCUT2D eigenvalue weighted by Gasteiger charge is -2.29. The normalized spacial score (nSPS) is 17.1. The minimum absolute atomic E-state index is 0.265. The lowest BCUT2D eigenvalue weighted by molar-refractivity contribution is -0.873. The highest BCUT2D eigenvalue weighted by Crippen LogP contribution is 2.05. The van der Waals surface area contributed by atoms with Crippen LogP contribution in [0.15, 0.2) is 0 Å². The number of carbonyl (C=O) groups is 2. The summed E-state index contributed by atoms with van der Waals surface area (Å²) in [7, 11) is 5.42. The summed E-state index contributed by atoms with van der Waals surface area (Å²) in [6.45, 7) is -2.15. The molecule has 0 fully saturated rings. The number of aliphatic carboxylic acids is 1. The first-order valence-corrected chi connectivity index (χ1v) is 4.59. The molecule has 88 valence electrons. The van der Waals surface area contributed by atoms with Gasteiger partial charge < -0.3 is 19.1 Å². The maximum Gasteiger partial charge on any atom is 0.306 e. The molecule has 1 atom stereocenters. The van der Waals surface area contributed by atoms with Crippen molar-refractivity contribution in [3.05, 3.63) is 0 Å². The molecule has 0 radical (unpaired) electrons. The quantitative estimate of drug-likeness (QED) is 0.432. The zero-order chi connectivity index (χ0) is 14.6. The number of carboxylic acid groups (broad SMARTS) is 1. The average Bonchev–Trinajstić information content (AvgIpc) is 1.92. The molecule has 0 heterocycles. The minimum atomic E-state index is -2.42. The van der Waals surface area contributed by atoms with Gasteiger partial charge in [-0.05, 0) is 0 Å². The number of nitrogens with zero attached hydrogens (tertiary/aromatic N) is 1. The van der Waals surface area contributed by atoms with Crippen LogP contribution in [0.1, 0.15) is 23.8 Å². The first kappa shape index (κ1) is 9.15. The van der Waals surface area contributed by atoms with Crippen molar-refractivity contribution in [2.24, 2.45) is 0 Å². The summed E-state index contributed by atoms with van der Waals surface area (Å²) < 4.78 is 26.0. The van der Waals surface area contributed by atoms with Gasteiger partial charge in [-0.15, -0.1) is 0 Å². The Morgan fingerprint density at radius 1 is 1.47 bits per heavy atom. The summed E-state index contributed by atoms with van der Waals surface area (Å²) in [6.07, 6.45) is -2.06. The average molecular weight is 220 g/mol. The number of esters is 1. The lowest BCUT2D eigenvalue weighted by atomic mass is 10.2. The zero-order valence-electron chi connectivity index (χ0n) is 12.3. The van der Waals surface area contributed by atoms with Crippen molar-refractivity contribution in [3.8, 4) is 0 Å². The third-order valence-electron chi connectivity index (χ3n) is 1.59. The Hall–Kier alpha value is -1.10. The Morgan fingerprint density at radius 2 is 2.07 bits per heavy atom. The second-order valence-corrected chi connectivity index (χ2v) is 4.34. The van der Waals surface area contributed by atoms with Crippen LogP contribution in [0.25, 0.3) is 0 Å².